The van der Waals surface area contributed by atoms with E-state index < -0.39 is 0 Å². The second kappa shape index (κ2) is 9.01. The third-order valence-corrected chi connectivity index (χ3v) is 3.82. The molecule has 0 atom stereocenters. The molecule has 0 saturated carbocycles. The van der Waals surface area contributed by atoms with Crippen LogP contribution in [0.2, 0.25) is 0 Å². The SMILES string of the molecule is CCOC(=O)c1c(C)nc(NCCCc2cccc(O)c2)nc1CC. The van der Waals surface area contributed by atoms with Crippen LogP contribution >= 0.6 is 0 Å². The van der Waals surface area contributed by atoms with E-state index in [1.54, 1.807) is 26.0 Å². The van der Waals surface area contributed by atoms with Crippen LogP contribution in [0.15, 0.2) is 24.3 Å². The van der Waals surface area contributed by atoms with Crippen LogP contribution in [0, 0.1) is 6.92 Å². The van der Waals surface area contributed by atoms with E-state index in [0.717, 1.165) is 18.4 Å². The fourth-order valence-corrected chi connectivity index (χ4v) is 2.64. The first-order chi connectivity index (χ1) is 12.0. The van der Waals surface area contributed by atoms with Gasteiger partial charge >= 0.3 is 5.97 Å². The van der Waals surface area contributed by atoms with Gasteiger partial charge in [0.1, 0.15) is 11.3 Å². The van der Waals surface area contributed by atoms with Crippen LogP contribution in [0.25, 0.3) is 0 Å². The molecule has 0 amide bonds. The van der Waals surface area contributed by atoms with Crippen molar-refractivity contribution in [2.45, 2.75) is 40.0 Å². The Morgan fingerprint density at radius 3 is 2.76 bits per heavy atom. The summed E-state index contributed by atoms with van der Waals surface area (Å²) in [6.07, 6.45) is 2.37. The molecule has 0 aliphatic carbocycles. The molecule has 0 radical (unpaired) electrons. The van der Waals surface area contributed by atoms with E-state index in [1.165, 1.54) is 0 Å². The van der Waals surface area contributed by atoms with Crippen molar-refractivity contribution in [2.75, 3.05) is 18.5 Å². The van der Waals surface area contributed by atoms with Crippen LogP contribution in [0.4, 0.5) is 5.95 Å². The Morgan fingerprint density at radius 2 is 2.08 bits per heavy atom. The Balaban J connectivity index is 1.98. The highest BCUT2D eigenvalue weighted by atomic mass is 16.5. The number of aromatic nitrogens is 2. The molecular weight excluding hydrogens is 318 g/mol. The number of rotatable bonds is 8. The van der Waals surface area contributed by atoms with Crippen molar-refractivity contribution < 1.29 is 14.6 Å². The Labute approximate surface area is 148 Å². The minimum atomic E-state index is -0.368. The van der Waals surface area contributed by atoms with E-state index in [4.69, 9.17) is 4.74 Å². The van der Waals surface area contributed by atoms with Crippen LogP contribution in [-0.2, 0) is 17.6 Å². The molecule has 0 bridgehead atoms. The van der Waals surface area contributed by atoms with Gasteiger partial charge in [-0.3, -0.25) is 0 Å². The van der Waals surface area contributed by atoms with Crippen molar-refractivity contribution in [3.63, 3.8) is 0 Å². The Bertz CT molecular complexity index is 732. The van der Waals surface area contributed by atoms with Crippen molar-refractivity contribution in [3.05, 3.63) is 46.8 Å². The number of ether oxygens (including phenoxy) is 1. The lowest BCUT2D eigenvalue weighted by Gasteiger charge is -2.12. The van der Waals surface area contributed by atoms with E-state index in [9.17, 15) is 9.90 Å². The number of aromatic hydroxyl groups is 1. The van der Waals surface area contributed by atoms with E-state index >= 15 is 0 Å². The largest absolute Gasteiger partial charge is 0.508 e. The molecule has 2 rings (SSSR count). The lowest BCUT2D eigenvalue weighted by molar-refractivity contribution is 0.0523. The maximum atomic E-state index is 12.1. The van der Waals surface area contributed by atoms with Gasteiger partial charge in [0.05, 0.1) is 18.0 Å². The third-order valence-electron chi connectivity index (χ3n) is 3.82. The average Bonchev–Trinajstić information content (AvgIpc) is 2.58. The van der Waals surface area contributed by atoms with Crippen LogP contribution in [-0.4, -0.2) is 34.2 Å². The number of nitrogens with one attached hydrogen (secondary N) is 1. The smallest absolute Gasteiger partial charge is 0.341 e. The van der Waals surface area contributed by atoms with Crippen LogP contribution < -0.4 is 5.32 Å². The van der Waals surface area contributed by atoms with Gasteiger partial charge in [-0.15, -0.1) is 0 Å². The van der Waals surface area contributed by atoms with Gasteiger partial charge in [-0.05, 0) is 50.8 Å². The quantitative estimate of drug-likeness (QED) is 0.565. The third kappa shape index (κ3) is 5.17. The predicted molar refractivity (Wildman–Crippen MR) is 97.0 cm³/mol. The maximum absolute atomic E-state index is 12.1. The molecule has 1 aromatic carbocycles. The molecular formula is C19H25N3O3. The molecule has 0 aliphatic heterocycles. The normalized spacial score (nSPS) is 10.5. The first kappa shape index (κ1) is 18.7. The topological polar surface area (TPSA) is 84.3 Å². The van der Waals surface area contributed by atoms with E-state index in [2.05, 4.69) is 15.3 Å². The minimum Gasteiger partial charge on any atom is -0.508 e. The number of anilines is 1. The minimum absolute atomic E-state index is 0.284. The molecule has 0 aliphatic rings. The summed E-state index contributed by atoms with van der Waals surface area (Å²) in [5, 5.41) is 12.7. The number of phenols is 1. The number of carbonyl (C=O) groups is 1. The molecule has 2 aromatic rings. The summed E-state index contributed by atoms with van der Waals surface area (Å²) < 4.78 is 5.09. The molecule has 134 valence electrons. The van der Waals surface area contributed by atoms with Gasteiger partial charge in [-0.25, -0.2) is 14.8 Å². The van der Waals surface area contributed by atoms with Crippen molar-refractivity contribution >= 4 is 11.9 Å². The number of phenolic OH excluding ortho intramolecular Hbond substituents is 1. The fourth-order valence-electron chi connectivity index (χ4n) is 2.64. The number of aryl methyl sites for hydroxylation is 3. The summed E-state index contributed by atoms with van der Waals surface area (Å²) in [7, 11) is 0. The Hall–Kier alpha value is -2.63. The molecule has 0 unspecified atom stereocenters. The summed E-state index contributed by atoms with van der Waals surface area (Å²) in [5.41, 5.74) is 2.88. The summed E-state index contributed by atoms with van der Waals surface area (Å²) in [6, 6.07) is 7.26. The molecule has 0 saturated heterocycles. The van der Waals surface area contributed by atoms with Gasteiger partial charge in [0.2, 0.25) is 5.95 Å². The van der Waals surface area contributed by atoms with E-state index in [-0.39, 0.29) is 11.7 Å². The van der Waals surface area contributed by atoms with Gasteiger partial charge in [-0.1, -0.05) is 19.1 Å². The van der Waals surface area contributed by atoms with Crippen molar-refractivity contribution in [2.24, 2.45) is 0 Å². The van der Waals surface area contributed by atoms with Crippen LogP contribution in [0.5, 0.6) is 5.75 Å². The summed E-state index contributed by atoms with van der Waals surface area (Å²) in [5.74, 6) is 0.442. The molecule has 6 heteroatoms. The summed E-state index contributed by atoms with van der Waals surface area (Å²) in [4.78, 5) is 20.9. The Morgan fingerprint density at radius 1 is 1.28 bits per heavy atom. The fraction of sp³-hybridized carbons (Fsp3) is 0.421. The Kier molecular flexibility index (Phi) is 6.74. The second-order valence-electron chi connectivity index (χ2n) is 5.73. The first-order valence-electron chi connectivity index (χ1n) is 8.61. The van der Waals surface area contributed by atoms with Gasteiger partial charge in [0.15, 0.2) is 0 Å². The summed E-state index contributed by atoms with van der Waals surface area (Å²) in [6.45, 7) is 6.57. The van der Waals surface area contributed by atoms with E-state index in [0.29, 0.717) is 42.5 Å². The highest BCUT2D eigenvalue weighted by Gasteiger charge is 2.18. The average molecular weight is 343 g/mol. The molecule has 0 spiro atoms. The number of carbonyl (C=O) groups excluding carboxylic acids is 1. The zero-order chi connectivity index (χ0) is 18.2. The van der Waals surface area contributed by atoms with Crippen molar-refractivity contribution in [1.82, 2.24) is 9.97 Å². The molecule has 6 nitrogen and oxygen atoms in total. The number of hydrogen-bond acceptors (Lipinski definition) is 6. The first-order valence-corrected chi connectivity index (χ1v) is 8.61. The number of hydrogen-bond donors (Lipinski definition) is 2. The standard InChI is InChI=1S/C19H25N3O3/c1-4-16-17(18(24)25-5-2)13(3)21-19(22-16)20-11-7-9-14-8-6-10-15(23)12-14/h6,8,10,12,23H,4-5,7,9,11H2,1-3H3,(H,20,21,22). The van der Waals surface area contributed by atoms with Gasteiger partial charge in [-0.2, -0.15) is 0 Å². The van der Waals surface area contributed by atoms with Gasteiger partial charge in [0.25, 0.3) is 0 Å². The molecule has 2 N–H and O–H groups in total. The van der Waals surface area contributed by atoms with Crippen LogP contribution in [0.1, 0.15) is 47.6 Å². The van der Waals surface area contributed by atoms with Gasteiger partial charge < -0.3 is 15.2 Å². The van der Waals surface area contributed by atoms with Gasteiger partial charge in [0, 0.05) is 6.54 Å². The van der Waals surface area contributed by atoms with Crippen molar-refractivity contribution in [1.29, 1.82) is 0 Å². The monoisotopic (exact) mass is 343 g/mol. The zero-order valence-corrected chi connectivity index (χ0v) is 15.0. The molecule has 25 heavy (non-hydrogen) atoms. The van der Waals surface area contributed by atoms with Crippen LogP contribution in [0.3, 0.4) is 0 Å². The van der Waals surface area contributed by atoms with Crippen molar-refractivity contribution in [3.8, 4) is 5.75 Å². The zero-order valence-electron chi connectivity index (χ0n) is 15.0. The predicted octanol–water partition coefficient (Wildman–Crippen LogP) is 3.27. The highest BCUT2D eigenvalue weighted by Crippen LogP contribution is 2.16. The molecule has 1 heterocycles. The molecule has 1 aromatic heterocycles. The number of esters is 1. The maximum Gasteiger partial charge on any atom is 0.341 e. The van der Waals surface area contributed by atoms with E-state index in [1.807, 2.05) is 19.1 Å². The number of benzene rings is 1. The summed E-state index contributed by atoms with van der Waals surface area (Å²) >= 11 is 0. The number of nitrogens with zero attached hydrogens (tertiary/aromatic N) is 2. The second-order valence-corrected chi connectivity index (χ2v) is 5.73. The molecule has 0 fully saturated rings. The lowest BCUT2D eigenvalue weighted by Crippen LogP contribution is -2.16. The highest BCUT2D eigenvalue weighted by molar-refractivity contribution is 5.91. The lowest BCUT2D eigenvalue weighted by atomic mass is 10.1.